The Morgan fingerprint density at radius 1 is 0.594 bits per heavy atom. The Morgan fingerprint density at radius 2 is 0.844 bits per heavy atom. The Morgan fingerprint density at radius 3 is 1.06 bits per heavy atom. The molecule has 2 aliphatic heterocycles. The molecule has 0 saturated carbocycles. The van der Waals surface area contributed by atoms with Crippen molar-refractivity contribution in [2.24, 2.45) is 23.7 Å². The summed E-state index contributed by atoms with van der Waals surface area (Å²) in [6.07, 6.45) is 13.1. The molecule has 2 amide bonds. The lowest BCUT2D eigenvalue weighted by Gasteiger charge is -2.24. The molecule has 0 spiro atoms. The summed E-state index contributed by atoms with van der Waals surface area (Å²) in [5, 5.41) is 0. The quantitative estimate of drug-likeness (QED) is 0.452. The molecule has 2 aliphatic carbocycles. The Labute approximate surface area is 194 Å². The van der Waals surface area contributed by atoms with E-state index in [1.807, 2.05) is 51.3 Å². The molecule has 0 bridgehead atoms. The van der Waals surface area contributed by atoms with Crippen LogP contribution in [-0.2, 0) is 9.47 Å². The second-order valence-corrected chi connectivity index (χ2v) is 11.7. The number of ether oxygens (including phenoxy) is 2. The third kappa shape index (κ3) is 7.01. The average molecular weight is 447 g/mol. The number of carbonyl (C=O) groups excluding carboxylic acids is 2. The number of allylic oxidation sites excluding steroid dienone is 4. The van der Waals surface area contributed by atoms with Crippen LogP contribution in [-0.4, -0.2) is 59.4 Å². The maximum atomic E-state index is 11.9. The predicted octanol–water partition coefficient (Wildman–Crippen LogP) is 5.64. The SMILES string of the molecule is CC(C)(C)OC(=O)N1C[C@H]2CC=CC[C@H]2C1.CC(C)(C)OC(=O)N1C[C@H]2CC=CC[C@H]2C1. The van der Waals surface area contributed by atoms with E-state index in [1.165, 1.54) is 0 Å². The van der Waals surface area contributed by atoms with E-state index in [4.69, 9.17) is 9.47 Å². The van der Waals surface area contributed by atoms with Crippen LogP contribution in [0.25, 0.3) is 0 Å². The summed E-state index contributed by atoms with van der Waals surface area (Å²) in [4.78, 5) is 27.5. The molecule has 0 aromatic carbocycles. The average Bonchev–Trinajstić information content (AvgIpc) is 3.30. The van der Waals surface area contributed by atoms with Crippen LogP contribution in [0.15, 0.2) is 24.3 Å². The lowest BCUT2D eigenvalue weighted by Crippen LogP contribution is -2.35. The molecule has 6 heteroatoms. The smallest absolute Gasteiger partial charge is 0.410 e. The van der Waals surface area contributed by atoms with Crippen molar-refractivity contribution in [3.05, 3.63) is 24.3 Å². The molecule has 2 fully saturated rings. The Kier molecular flexibility index (Phi) is 7.61. The Balaban J connectivity index is 0.000000181. The zero-order chi connectivity index (χ0) is 23.5. The number of fused-ring (bicyclic) bond motifs is 2. The van der Waals surface area contributed by atoms with Gasteiger partial charge in [-0.25, -0.2) is 9.59 Å². The van der Waals surface area contributed by atoms with E-state index < -0.39 is 0 Å². The van der Waals surface area contributed by atoms with E-state index in [-0.39, 0.29) is 23.4 Å². The van der Waals surface area contributed by atoms with E-state index in [0.717, 1.165) is 51.9 Å². The summed E-state index contributed by atoms with van der Waals surface area (Å²) >= 11 is 0. The molecule has 32 heavy (non-hydrogen) atoms. The van der Waals surface area contributed by atoms with Crippen LogP contribution in [0.5, 0.6) is 0 Å². The van der Waals surface area contributed by atoms with Gasteiger partial charge in [0.25, 0.3) is 0 Å². The number of amides is 2. The van der Waals surface area contributed by atoms with Crippen molar-refractivity contribution in [2.75, 3.05) is 26.2 Å². The molecule has 6 nitrogen and oxygen atoms in total. The maximum absolute atomic E-state index is 11.9. The van der Waals surface area contributed by atoms with Gasteiger partial charge >= 0.3 is 12.2 Å². The maximum Gasteiger partial charge on any atom is 0.410 e. The summed E-state index contributed by atoms with van der Waals surface area (Å²) < 4.78 is 10.8. The summed E-state index contributed by atoms with van der Waals surface area (Å²) in [7, 11) is 0. The normalized spacial score (nSPS) is 29.1. The molecule has 4 atom stereocenters. The van der Waals surface area contributed by atoms with Crippen LogP contribution in [0.1, 0.15) is 67.2 Å². The third-order valence-electron chi connectivity index (χ3n) is 6.54. The minimum Gasteiger partial charge on any atom is -0.444 e. The molecule has 4 rings (SSSR count). The first-order valence-electron chi connectivity index (χ1n) is 12.2. The molecular formula is C26H42N2O4. The Bertz CT molecular complexity index is 637. The molecule has 180 valence electrons. The fourth-order valence-corrected chi connectivity index (χ4v) is 4.98. The zero-order valence-electron chi connectivity index (χ0n) is 20.8. The summed E-state index contributed by atoms with van der Waals surface area (Å²) in [6, 6.07) is 0. The van der Waals surface area contributed by atoms with Gasteiger partial charge in [0.05, 0.1) is 0 Å². The lowest BCUT2D eigenvalue weighted by molar-refractivity contribution is 0.0274. The molecule has 2 heterocycles. The molecule has 0 unspecified atom stereocenters. The minimum atomic E-state index is -0.386. The predicted molar refractivity (Wildman–Crippen MR) is 126 cm³/mol. The zero-order valence-corrected chi connectivity index (χ0v) is 20.8. The van der Waals surface area contributed by atoms with Crippen molar-refractivity contribution in [3.63, 3.8) is 0 Å². The van der Waals surface area contributed by atoms with Gasteiger partial charge in [-0.2, -0.15) is 0 Å². The highest BCUT2D eigenvalue weighted by molar-refractivity contribution is 5.69. The number of likely N-dealkylation sites (tertiary alicyclic amines) is 2. The van der Waals surface area contributed by atoms with E-state index in [1.54, 1.807) is 0 Å². The first-order chi connectivity index (χ1) is 14.9. The number of hydrogen-bond donors (Lipinski definition) is 0. The second-order valence-electron chi connectivity index (χ2n) is 11.7. The monoisotopic (exact) mass is 446 g/mol. The molecule has 0 aromatic heterocycles. The van der Waals surface area contributed by atoms with Gasteiger partial charge in [0.15, 0.2) is 0 Å². The highest BCUT2D eigenvalue weighted by atomic mass is 16.6. The molecule has 2 saturated heterocycles. The van der Waals surface area contributed by atoms with Gasteiger partial charge in [0.2, 0.25) is 0 Å². The minimum absolute atomic E-state index is 0.151. The number of rotatable bonds is 0. The van der Waals surface area contributed by atoms with Gasteiger partial charge in [-0.1, -0.05) is 24.3 Å². The molecular weight excluding hydrogens is 404 g/mol. The second kappa shape index (κ2) is 9.88. The van der Waals surface area contributed by atoms with Gasteiger partial charge in [0.1, 0.15) is 11.2 Å². The highest BCUT2D eigenvalue weighted by Crippen LogP contribution is 2.34. The topological polar surface area (TPSA) is 59.1 Å². The van der Waals surface area contributed by atoms with E-state index in [0.29, 0.717) is 23.7 Å². The van der Waals surface area contributed by atoms with Gasteiger partial charge in [0, 0.05) is 26.2 Å². The Hall–Kier alpha value is -1.98. The van der Waals surface area contributed by atoms with E-state index in [9.17, 15) is 9.59 Å². The summed E-state index contributed by atoms with van der Waals surface area (Å²) in [6.45, 7) is 14.9. The van der Waals surface area contributed by atoms with Crippen molar-refractivity contribution >= 4 is 12.2 Å². The van der Waals surface area contributed by atoms with E-state index >= 15 is 0 Å². The van der Waals surface area contributed by atoms with Crippen molar-refractivity contribution in [2.45, 2.75) is 78.4 Å². The standard InChI is InChI=1S/2C13H21NO2/c2*1-13(2,3)16-12(15)14-8-10-6-4-5-7-11(10)9-14/h2*4-5,10-11H,6-9H2,1-3H3/t2*10-,11+. The van der Waals surface area contributed by atoms with Crippen molar-refractivity contribution in [1.29, 1.82) is 0 Å². The van der Waals surface area contributed by atoms with Gasteiger partial charge in [-0.15, -0.1) is 0 Å². The van der Waals surface area contributed by atoms with Crippen molar-refractivity contribution < 1.29 is 19.1 Å². The number of nitrogens with zero attached hydrogens (tertiary/aromatic N) is 2. The fourth-order valence-electron chi connectivity index (χ4n) is 4.98. The number of hydrogen-bond acceptors (Lipinski definition) is 4. The lowest BCUT2D eigenvalue weighted by atomic mass is 9.86. The largest absolute Gasteiger partial charge is 0.444 e. The van der Waals surface area contributed by atoms with Crippen LogP contribution in [0.4, 0.5) is 9.59 Å². The van der Waals surface area contributed by atoms with Crippen LogP contribution >= 0.6 is 0 Å². The summed E-state index contributed by atoms with van der Waals surface area (Å²) in [5.41, 5.74) is -0.772. The fraction of sp³-hybridized carbons (Fsp3) is 0.769. The highest BCUT2D eigenvalue weighted by Gasteiger charge is 2.37. The summed E-state index contributed by atoms with van der Waals surface area (Å²) in [5.74, 6) is 2.60. The first-order valence-corrected chi connectivity index (χ1v) is 12.2. The van der Waals surface area contributed by atoms with E-state index in [2.05, 4.69) is 24.3 Å². The van der Waals surface area contributed by atoms with Crippen molar-refractivity contribution in [1.82, 2.24) is 9.80 Å². The van der Waals surface area contributed by atoms with Crippen LogP contribution in [0.2, 0.25) is 0 Å². The third-order valence-corrected chi connectivity index (χ3v) is 6.54. The molecule has 0 N–H and O–H groups in total. The van der Waals surface area contributed by atoms with Gasteiger partial charge < -0.3 is 19.3 Å². The van der Waals surface area contributed by atoms with Crippen LogP contribution < -0.4 is 0 Å². The first kappa shape index (κ1) is 24.7. The molecule has 0 radical (unpaired) electrons. The van der Waals surface area contributed by atoms with Gasteiger partial charge in [-0.3, -0.25) is 0 Å². The molecule has 0 aromatic rings. The van der Waals surface area contributed by atoms with Crippen molar-refractivity contribution in [3.8, 4) is 0 Å². The van der Waals surface area contributed by atoms with Crippen LogP contribution in [0.3, 0.4) is 0 Å². The van der Waals surface area contributed by atoms with Gasteiger partial charge in [-0.05, 0) is 90.9 Å². The molecule has 4 aliphatic rings. The van der Waals surface area contributed by atoms with Crippen LogP contribution in [0, 0.1) is 23.7 Å². The number of carbonyl (C=O) groups is 2.